The molecule has 3 rings (SSSR count). The number of rotatable bonds is 2. The Morgan fingerprint density at radius 1 is 1.46 bits per heavy atom. The van der Waals surface area contributed by atoms with Crippen molar-refractivity contribution in [3.8, 4) is 0 Å². The van der Waals surface area contributed by atoms with Crippen molar-refractivity contribution in [2.45, 2.75) is 31.7 Å². The normalized spacial score (nSPS) is 36.8. The fourth-order valence-corrected chi connectivity index (χ4v) is 2.62. The molecule has 3 heteroatoms. The van der Waals surface area contributed by atoms with Crippen LogP contribution in [0.4, 0.5) is 5.82 Å². The Morgan fingerprint density at radius 3 is 3.31 bits per heavy atom. The van der Waals surface area contributed by atoms with Gasteiger partial charge in [-0.15, -0.1) is 0 Å². The summed E-state index contributed by atoms with van der Waals surface area (Å²) in [5, 5.41) is 3.53. The van der Waals surface area contributed by atoms with Crippen LogP contribution in [-0.4, -0.2) is 16.0 Å². The minimum atomic E-state index is 0.708. The summed E-state index contributed by atoms with van der Waals surface area (Å²) in [5.41, 5.74) is 0. The number of anilines is 1. The second-order valence-corrected chi connectivity index (χ2v) is 4.31. The molecule has 1 unspecified atom stereocenters. The fourth-order valence-electron chi connectivity index (χ4n) is 2.62. The Bertz CT molecular complexity index is 280. The average Bonchev–Trinajstić information content (AvgIpc) is 2.77. The third-order valence-electron chi connectivity index (χ3n) is 3.42. The molecule has 1 heterocycles. The van der Waals surface area contributed by atoms with Crippen LogP contribution in [0.1, 0.15) is 25.7 Å². The van der Waals surface area contributed by atoms with Crippen molar-refractivity contribution in [2.75, 3.05) is 5.32 Å². The third kappa shape index (κ3) is 1.32. The van der Waals surface area contributed by atoms with E-state index >= 15 is 0 Å². The maximum Gasteiger partial charge on any atom is 0.123 e. The van der Waals surface area contributed by atoms with E-state index < -0.39 is 0 Å². The Balaban J connectivity index is 1.66. The first-order chi connectivity index (χ1) is 6.43. The van der Waals surface area contributed by atoms with Crippen molar-refractivity contribution in [3.05, 3.63) is 12.5 Å². The van der Waals surface area contributed by atoms with Crippen LogP contribution in [0, 0.1) is 11.8 Å². The molecule has 13 heavy (non-hydrogen) atoms. The van der Waals surface area contributed by atoms with Crippen LogP contribution in [0.3, 0.4) is 0 Å². The summed E-state index contributed by atoms with van der Waals surface area (Å²) in [6.07, 6.45) is 9.24. The molecular weight excluding hydrogens is 162 g/mol. The van der Waals surface area contributed by atoms with E-state index in [9.17, 15) is 0 Å². The summed E-state index contributed by atoms with van der Waals surface area (Å²) >= 11 is 0. The number of hydrogen-bond acceptors (Lipinski definition) is 2. The molecule has 0 radical (unpaired) electrons. The molecule has 2 N–H and O–H groups in total. The summed E-state index contributed by atoms with van der Waals surface area (Å²) in [6, 6.07) is 0.708. The van der Waals surface area contributed by atoms with E-state index in [0.717, 1.165) is 17.7 Å². The maximum atomic E-state index is 4.01. The molecule has 0 saturated heterocycles. The van der Waals surface area contributed by atoms with Gasteiger partial charge in [-0.2, -0.15) is 0 Å². The largest absolute Gasteiger partial charge is 0.367 e. The summed E-state index contributed by atoms with van der Waals surface area (Å²) < 4.78 is 0. The molecule has 0 spiro atoms. The smallest absolute Gasteiger partial charge is 0.123 e. The molecule has 0 amide bonds. The van der Waals surface area contributed by atoms with Crippen molar-refractivity contribution < 1.29 is 0 Å². The van der Waals surface area contributed by atoms with Gasteiger partial charge in [-0.05, 0) is 24.7 Å². The van der Waals surface area contributed by atoms with Gasteiger partial charge in [-0.3, -0.25) is 0 Å². The van der Waals surface area contributed by atoms with Gasteiger partial charge in [-0.1, -0.05) is 12.8 Å². The van der Waals surface area contributed by atoms with Crippen molar-refractivity contribution in [3.63, 3.8) is 0 Å². The topological polar surface area (TPSA) is 40.7 Å². The SMILES string of the molecule is c1ncc(NC2CCC[C@H]3C[C@@H]23)[nH]1. The molecule has 0 bridgehead atoms. The first kappa shape index (κ1) is 7.42. The van der Waals surface area contributed by atoms with E-state index in [0.29, 0.717) is 6.04 Å². The molecule has 2 saturated carbocycles. The zero-order valence-corrected chi connectivity index (χ0v) is 7.66. The van der Waals surface area contributed by atoms with E-state index in [2.05, 4.69) is 15.3 Å². The van der Waals surface area contributed by atoms with Gasteiger partial charge in [0, 0.05) is 6.04 Å². The predicted molar refractivity (Wildman–Crippen MR) is 51.4 cm³/mol. The van der Waals surface area contributed by atoms with Crippen LogP contribution in [0.25, 0.3) is 0 Å². The van der Waals surface area contributed by atoms with Gasteiger partial charge in [0.15, 0.2) is 0 Å². The minimum absolute atomic E-state index is 0.708. The molecule has 1 aromatic heterocycles. The van der Waals surface area contributed by atoms with E-state index in [1.807, 2.05) is 6.20 Å². The number of H-pyrrole nitrogens is 1. The summed E-state index contributed by atoms with van der Waals surface area (Å²) in [4.78, 5) is 7.11. The lowest BCUT2D eigenvalue weighted by molar-refractivity contribution is 0.439. The Kier molecular flexibility index (Phi) is 1.57. The van der Waals surface area contributed by atoms with Crippen LogP contribution >= 0.6 is 0 Å². The Labute approximate surface area is 78.0 Å². The van der Waals surface area contributed by atoms with Crippen molar-refractivity contribution in [2.24, 2.45) is 11.8 Å². The van der Waals surface area contributed by atoms with E-state index in [4.69, 9.17) is 0 Å². The average molecular weight is 177 g/mol. The Hall–Kier alpha value is -0.990. The molecule has 0 aliphatic heterocycles. The lowest BCUT2D eigenvalue weighted by Gasteiger charge is -2.22. The van der Waals surface area contributed by atoms with E-state index in [1.54, 1.807) is 6.33 Å². The van der Waals surface area contributed by atoms with Crippen molar-refractivity contribution in [1.82, 2.24) is 9.97 Å². The summed E-state index contributed by atoms with van der Waals surface area (Å²) in [5.74, 6) is 3.07. The van der Waals surface area contributed by atoms with Gasteiger partial charge in [0.05, 0.1) is 12.5 Å². The number of hydrogen-bond donors (Lipinski definition) is 2. The number of fused-ring (bicyclic) bond motifs is 1. The molecular formula is C10H15N3. The Morgan fingerprint density at radius 2 is 2.46 bits per heavy atom. The zero-order chi connectivity index (χ0) is 8.67. The highest BCUT2D eigenvalue weighted by Gasteiger charge is 2.45. The van der Waals surface area contributed by atoms with Gasteiger partial charge < -0.3 is 10.3 Å². The van der Waals surface area contributed by atoms with Crippen LogP contribution in [0.2, 0.25) is 0 Å². The second-order valence-electron chi connectivity index (χ2n) is 4.31. The van der Waals surface area contributed by atoms with Gasteiger partial charge in [-0.25, -0.2) is 4.98 Å². The first-order valence-electron chi connectivity index (χ1n) is 5.18. The highest BCUT2D eigenvalue weighted by molar-refractivity contribution is 5.33. The number of nitrogens with one attached hydrogen (secondary N) is 2. The monoisotopic (exact) mass is 177 g/mol. The molecule has 70 valence electrons. The zero-order valence-electron chi connectivity index (χ0n) is 7.66. The van der Waals surface area contributed by atoms with Gasteiger partial charge in [0.1, 0.15) is 5.82 Å². The maximum absolute atomic E-state index is 4.01. The third-order valence-corrected chi connectivity index (χ3v) is 3.42. The number of aromatic amines is 1. The van der Waals surface area contributed by atoms with Crippen molar-refractivity contribution >= 4 is 5.82 Å². The molecule has 0 aromatic carbocycles. The van der Waals surface area contributed by atoms with E-state index in [1.165, 1.54) is 25.7 Å². The fraction of sp³-hybridized carbons (Fsp3) is 0.700. The van der Waals surface area contributed by atoms with Crippen molar-refractivity contribution in [1.29, 1.82) is 0 Å². The predicted octanol–water partition coefficient (Wildman–Crippen LogP) is 2.01. The highest BCUT2D eigenvalue weighted by atomic mass is 15.1. The van der Waals surface area contributed by atoms with Crippen LogP contribution in [0.15, 0.2) is 12.5 Å². The molecule has 3 nitrogen and oxygen atoms in total. The molecule has 2 aliphatic carbocycles. The van der Waals surface area contributed by atoms with E-state index in [-0.39, 0.29) is 0 Å². The van der Waals surface area contributed by atoms with Gasteiger partial charge in [0.25, 0.3) is 0 Å². The number of nitrogens with zero attached hydrogens (tertiary/aromatic N) is 1. The summed E-state index contributed by atoms with van der Waals surface area (Å²) in [6.45, 7) is 0. The highest BCUT2D eigenvalue weighted by Crippen LogP contribution is 2.50. The molecule has 2 fully saturated rings. The summed E-state index contributed by atoms with van der Waals surface area (Å²) in [7, 11) is 0. The van der Waals surface area contributed by atoms with Crippen LogP contribution in [0.5, 0.6) is 0 Å². The first-order valence-corrected chi connectivity index (χ1v) is 5.18. The molecule has 3 atom stereocenters. The lowest BCUT2D eigenvalue weighted by Crippen LogP contribution is -2.25. The second kappa shape index (κ2) is 2.76. The van der Waals surface area contributed by atoms with Crippen LogP contribution < -0.4 is 5.32 Å². The van der Waals surface area contributed by atoms with Gasteiger partial charge in [0.2, 0.25) is 0 Å². The van der Waals surface area contributed by atoms with Crippen LogP contribution in [-0.2, 0) is 0 Å². The molecule has 2 aliphatic rings. The number of aromatic nitrogens is 2. The minimum Gasteiger partial charge on any atom is -0.367 e. The quantitative estimate of drug-likeness (QED) is 0.725. The molecule has 1 aromatic rings. The van der Waals surface area contributed by atoms with Gasteiger partial charge >= 0.3 is 0 Å². The number of imidazole rings is 1. The lowest BCUT2D eigenvalue weighted by atomic mass is 9.95. The standard InChI is InChI=1S/C10H15N3/c1-2-7-4-8(7)9(3-1)13-10-5-11-6-12-10/h5-9,13H,1-4H2,(H,11,12)/t7-,8+,9?/m0/s1.